The summed E-state index contributed by atoms with van der Waals surface area (Å²) < 4.78 is 16.8. The van der Waals surface area contributed by atoms with Gasteiger partial charge in [-0.2, -0.15) is 0 Å². The van der Waals surface area contributed by atoms with Gasteiger partial charge < -0.3 is 14.2 Å². The molecule has 0 N–H and O–H groups in total. The number of benzene rings is 1. The standard InChI is InChI=1S/C20H25NO6/c1-6-25-16(22)12-14-13-10-8-9-11-15(13)21(17(14)18(23)26-7-2)19(24)27-20(3,4)5/h8-11H,6-7,12H2,1-5H3. The lowest BCUT2D eigenvalue weighted by atomic mass is 10.1. The van der Waals surface area contributed by atoms with Gasteiger partial charge in [-0.3, -0.25) is 4.79 Å². The Morgan fingerprint density at radius 1 is 1.00 bits per heavy atom. The Hall–Kier alpha value is -2.83. The number of carbonyl (C=O) groups excluding carboxylic acids is 3. The molecule has 0 aliphatic carbocycles. The van der Waals surface area contributed by atoms with E-state index in [9.17, 15) is 14.4 Å². The second kappa shape index (κ2) is 8.24. The number of esters is 2. The lowest BCUT2D eigenvalue weighted by Gasteiger charge is -2.20. The number of para-hydroxylation sites is 1. The lowest BCUT2D eigenvalue weighted by Crippen LogP contribution is -2.29. The molecule has 0 saturated heterocycles. The minimum atomic E-state index is -0.754. The topological polar surface area (TPSA) is 83.8 Å². The monoisotopic (exact) mass is 375 g/mol. The molecule has 0 bridgehead atoms. The number of ether oxygens (including phenoxy) is 3. The molecule has 7 heteroatoms. The molecule has 2 rings (SSSR count). The SMILES string of the molecule is CCOC(=O)Cc1c(C(=O)OCC)n(C(=O)OC(C)(C)C)c2ccccc12. The fraction of sp³-hybridized carbons (Fsp3) is 0.450. The molecule has 27 heavy (non-hydrogen) atoms. The Morgan fingerprint density at radius 2 is 1.63 bits per heavy atom. The molecule has 0 aliphatic rings. The van der Waals surface area contributed by atoms with E-state index in [0.29, 0.717) is 16.5 Å². The van der Waals surface area contributed by atoms with Crippen molar-refractivity contribution in [1.82, 2.24) is 4.57 Å². The summed E-state index contributed by atoms with van der Waals surface area (Å²) in [5, 5.41) is 0.597. The van der Waals surface area contributed by atoms with Gasteiger partial charge in [-0.05, 0) is 40.7 Å². The zero-order valence-corrected chi connectivity index (χ0v) is 16.3. The zero-order valence-electron chi connectivity index (χ0n) is 16.3. The predicted molar refractivity (Wildman–Crippen MR) is 99.9 cm³/mol. The second-order valence-corrected chi connectivity index (χ2v) is 6.86. The lowest BCUT2D eigenvalue weighted by molar-refractivity contribution is -0.142. The van der Waals surface area contributed by atoms with E-state index in [2.05, 4.69) is 0 Å². The maximum Gasteiger partial charge on any atom is 0.419 e. The van der Waals surface area contributed by atoms with Crippen LogP contribution >= 0.6 is 0 Å². The zero-order chi connectivity index (χ0) is 20.2. The van der Waals surface area contributed by atoms with Gasteiger partial charge in [0.1, 0.15) is 11.3 Å². The van der Waals surface area contributed by atoms with Crippen molar-refractivity contribution in [1.29, 1.82) is 0 Å². The molecule has 0 atom stereocenters. The first-order valence-corrected chi connectivity index (χ1v) is 8.88. The van der Waals surface area contributed by atoms with Crippen LogP contribution in [0.15, 0.2) is 24.3 Å². The first kappa shape index (κ1) is 20.5. The second-order valence-electron chi connectivity index (χ2n) is 6.86. The number of hydrogen-bond donors (Lipinski definition) is 0. The summed E-state index contributed by atoms with van der Waals surface area (Å²) >= 11 is 0. The smallest absolute Gasteiger partial charge is 0.419 e. The molecule has 0 aliphatic heterocycles. The number of aromatic nitrogens is 1. The van der Waals surface area contributed by atoms with E-state index >= 15 is 0 Å². The molecule has 0 fully saturated rings. The van der Waals surface area contributed by atoms with Gasteiger partial charge >= 0.3 is 18.0 Å². The van der Waals surface area contributed by atoms with Crippen molar-refractivity contribution in [3.8, 4) is 0 Å². The molecule has 0 unspecified atom stereocenters. The van der Waals surface area contributed by atoms with Gasteiger partial charge in [0, 0.05) is 10.9 Å². The third-order valence-corrected chi connectivity index (χ3v) is 3.65. The number of nitrogens with zero attached hydrogens (tertiary/aromatic N) is 1. The van der Waals surface area contributed by atoms with Crippen LogP contribution in [0.3, 0.4) is 0 Å². The van der Waals surface area contributed by atoms with Gasteiger partial charge in [-0.1, -0.05) is 18.2 Å². The molecular weight excluding hydrogens is 350 g/mol. The molecule has 0 radical (unpaired) electrons. The summed E-state index contributed by atoms with van der Waals surface area (Å²) in [7, 11) is 0. The van der Waals surface area contributed by atoms with Gasteiger partial charge in [0.05, 0.1) is 25.2 Å². The molecule has 7 nitrogen and oxygen atoms in total. The maximum atomic E-state index is 12.8. The van der Waals surface area contributed by atoms with Gasteiger partial charge in [0.2, 0.25) is 0 Å². The highest BCUT2D eigenvalue weighted by Crippen LogP contribution is 2.29. The Kier molecular flexibility index (Phi) is 6.25. The molecule has 0 spiro atoms. The molecule has 0 saturated carbocycles. The van der Waals surface area contributed by atoms with E-state index < -0.39 is 23.6 Å². The molecule has 1 heterocycles. The number of rotatable bonds is 5. The average Bonchev–Trinajstić information content (AvgIpc) is 2.88. The Morgan fingerprint density at radius 3 is 2.22 bits per heavy atom. The maximum absolute atomic E-state index is 12.8. The molecule has 1 aromatic carbocycles. The van der Waals surface area contributed by atoms with E-state index in [1.807, 2.05) is 0 Å². The van der Waals surface area contributed by atoms with Crippen LogP contribution in [0.5, 0.6) is 0 Å². The van der Waals surface area contributed by atoms with E-state index in [1.165, 1.54) is 4.57 Å². The van der Waals surface area contributed by atoms with Crippen molar-refractivity contribution >= 4 is 28.9 Å². The quantitative estimate of drug-likeness (QED) is 0.585. The average molecular weight is 375 g/mol. The fourth-order valence-corrected chi connectivity index (χ4v) is 2.75. The minimum absolute atomic E-state index is 0.0136. The van der Waals surface area contributed by atoms with Crippen molar-refractivity contribution in [3.63, 3.8) is 0 Å². The molecule has 1 aromatic heterocycles. The number of hydrogen-bond acceptors (Lipinski definition) is 6. The Bertz CT molecular complexity index is 859. The molecule has 146 valence electrons. The van der Waals surface area contributed by atoms with Crippen LogP contribution in [0, 0.1) is 0 Å². The predicted octanol–water partition coefficient (Wildman–Crippen LogP) is 3.71. The van der Waals surface area contributed by atoms with Crippen LogP contribution in [0.4, 0.5) is 4.79 Å². The summed E-state index contributed by atoms with van der Waals surface area (Å²) in [5.74, 6) is -1.19. The van der Waals surface area contributed by atoms with Crippen LogP contribution < -0.4 is 0 Å². The summed E-state index contributed by atoms with van der Waals surface area (Å²) in [6, 6.07) is 6.95. The fourth-order valence-electron chi connectivity index (χ4n) is 2.75. The van der Waals surface area contributed by atoms with Gasteiger partial charge in [0.15, 0.2) is 0 Å². The largest absolute Gasteiger partial charge is 0.466 e. The molecule has 2 aromatic rings. The van der Waals surface area contributed by atoms with Crippen molar-refractivity contribution in [3.05, 3.63) is 35.5 Å². The van der Waals surface area contributed by atoms with Crippen molar-refractivity contribution in [2.45, 2.75) is 46.6 Å². The van der Waals surface area contributed by atoms with Crippen LogP contribution in [0.2, 0.25) is 0 Å². The van der Waals surface area contributed by atoms with Gasteiger partial charge in [-0.15, -0.1) is 0 Å². The highest BCUT2D eigenvalue weighted by atomic mass is 16.6. The van der Waals surface area contributed by atoms with E-state index in [0.717, 1.165) is 0 Å². The van der Waals surface area contributed by atoms with Crippen molar-refractivity contribution < 1.29 is 28.6 Å². The van der Waals surface area contributed by atoms with Crippen LogP contribution in [-0.2, 0) is 25.4 Å². The van der Waals surface area contributed by atoms with Gasteiger partial charge in [-0.25, -0.2) is 14.2 Å². The van der Waals surface area contributed by atoms with Gasteiger partial charge in [0.25, 0.3) is 0 Å². The van der Waals surface area contributed by atoms with E-state index in [1.54, 1.807) is 58.9 Å². The van der Waals surface area contributed by atoms with Crippen molar-refractivity contribution in [2.75, 3.05) is 13.2 Å². The first-order valence-electron chi connectivity index (χ1n) is 8.88. The summed E-state index contributed by atoms with van der Waals surface area (Å²) in [4.78, 5) is 37.6. The minimum Gasteiger partial charge on any atom is -0.466 e. The van der Waals surface area contributed by atoms with E-state index in [4.69, 9.17) is 14.2 Å². The van der Waals surface area contributed by atoms with E-state index in [-0.39, 0.29) is 25.3 Å². The summed E-state index contributed by atoms with van der Waals surface area (Å²) in [6.45, 7) is 8.93. The van der Waals surface area contributed by atoms with Crippen LogP contribution in [-0.4, -0.2) is 41.4 Å². The molecule has 0 amide bonds. The highest BCUT2D eigenvalue weighted by molar-refractivity contribution is 6.05. The highest BCUT2D eigenvalue weighted by Gasteiger charge is 2.30. The van der Waals surface area contributed by atoms with Crippen LogP contribution in [0.25, 0.3) is 10.9 Å². The number of carbonyl (C=O) groups is 3. The third kappa shape index (κ3) is 4.67. The van der Waals surface area contributed by atoms with Crippen LogP contribution in [0.1, 0.15) is 50.7 Å². The summed E-state index contributed by atoms with van der Waals surface area (Å²) in [6.07, 6.45) is -0.866. The molecular formula is C20H25NO6. The normalized spacial score (nSPS) is 11.3. The third-order valence-electron chi connectivity index (χ3n) is 3.65. The van der Waals surface area contributed by atoms with Crippen molar-refractivity contribution in [2.24, 2.45) is 0 Å². The summed E-state index contributed by atoms with van der Waals surface area (Å²) in [5.41, 5.74) is 0.0817. The Labute approximate surface area is 158 Å². The number of fused-ring (bicyclic) bond motifs is 1. The first-order chi connectivity index (χ1) is 12.7. The Balaban J connectivity index is 2.71.